The molecule has 0 atom stereocenters. The molecule has 3 aromatic rings. The first-order valence-electron chi connectivity index (χ1n) is 7.38. The first-order valence-corrected chi connectivity index (χ1v) is 7.76. The fraction of sp³-hybridized carbons (Fsp3) is 0.111. The number of nitrogens with zero attached hydrogens (tertiary/aromatic N) is 2. The lowest BCUT2D eigenvalue weighted by Crippen LogP contribution is -2.15. The van der Waals surface area contributed by atoms with Crippen LogP contribution in [0.25, 0.3) is 5.69 Å². The van der Waals surface area contributed by atoms with Crippen LogP contribution in [0.3, 0.4) is 0 Å². The minimum atomic E-state index is -0.128. The van der Waals surface area contributed by atoms with Gasteiger partial charge in [-0.2, -0.15) is 5.10 Å². The highest BCUT2D eigenvalue weighted by Gasteiger charge is 2.07. The topological polar surface area (TPSA) is 56.1 Å². The number of hydrogen-bond acceptors (Lipinski definition) is 3. The zero-order valence-corrected chi connectivity index (χ0v) is 13.8. The molecule has 0 aliphatic carbocycles. The number of amides is 1. The van der Waals surface area contributed by atoms with Crippen LogP contribution in [-0.2, 0) is 11.2 Å². The number of nitrogens with one attached hydrogen (secondary N) is 1. The molecule has 122 valence electrons. The number of hydrogen-bond donors (Lipinski definition) is 1. The Labute approximate surface area is 144 Å². The Hall–Kier alpha value is -2.79. The average molecular weight is 342 g/mol. The molecular weight excluding hydrogens is 326 g/mol. The molecule has 6 heteroatoms. The van der Waals surface area contributed by atoms with Crippen molar-refractivity contribution < 1.29 is 9.53 Å². The fourth-order valence-electron chi connectivity index (χ4n) is 2.27. The summed E-state index contributed by atoms with van der Waals surface area (Å²) in [6.45, 7) is 0. The van der Waals surface area contributed by atoms with Gasteiger partial charge in [-0.05, 0) is 35.9 Å². The molecule has 5 nitrogen and oxygen atoms in total. The summed E-state index contributed by atoms with van der Waals surface area (Å²) < 4.78 is 6.76. The lowest BCUT2D eigenvalue weighted by molar-refractivity contribution is -0.115. The summed E-state index contributed by atoms with van der Waals surface area (Å²) in [5, 5.41) is 7.76. The van der Waals surface area contributed by atoms with Crippen molar-refractivity contribution in [1.29, 1.82) is 0 Å². The molecule has 0 aliphatic heterocycles. The molecule has 1 amide bonds. The third-order valence-electron chi connectivity index (χ3n) is 3.45. The number of ether oxygens (including phenoxy) is 1. The summed E-state index contributed by atoms with van der Waals surface area (Å²) in [5.74, 6) is 1.13. The molecule has 24 heavy (non-hydrogen) atoms. The van der Waals surface area contributed by atoms with Gasteiger partial charge in [0.05, 0.1) is 19.2 Å². The van der Waals surface area contributed by atoms with Crippen molar-refractivity contribution in [3.8, 4) is 11.4 Å². The summed E-state index contributed by atoms with van der Waals surface area (Å²) in [7, 11) is 1.61. The van der Waals surface area contributed by atoms with Crippen molar-refractivity contribution in [2.24, 2.45) is 0 Å². The number of anilines is 1. The Balaban J connectivity index is 1.64. The molecule has 1 N–H and O–H groups in total. The number of rotatable bonds is 5. The van der Waals surface area contributed by atoms with E-state index in [1.54, 1.807) is 36.2 Å². The summed E-state index contributed by atoms with van der Waals surface area (Å²) >= 11 is 5.98. The summed E-state index contributed by atoms with van der Waals surface area (Å²) in [6.07, 6.45) is 2.04. The third-order valence-corrected chi connectivity index (χ3v) is 3.69. The maximum atomic E-state index is 12.1. The van der Waals surface area contributed by atoms with Gasteiger partial charge in [0.25, 0.3) is 0 Å². The second-order valence-corrected chi connectivity index (χ2v) is 5.63. The zero-order valence-electron chi connectivity index (χ0n) is 13.1. The van der Waals surface area contributed by atoms with Crippen LogP contribution in [0.5, 0.6) is 5.75 Å². The van der Waals surface area contributed by atoms with E-state index >= 15 is 0 Å². The summed E-state index contributed by atoms with van der Waals surface area (Å²) in [5.41, 5.74) is 1.74. The van der Waals surface area contributed by atoms with Crippen LogP contribution in [0.4, 0.5) is 5.82 Å². The molecule has 2 aromatic carbocycles. The molecule has 0 saturated heterocycles. The van der Waals surface area contributed by atoms with Crippen molar-refractivity contribution in [2.45, 2.75) is 6.42 Å². The highest BCUT2D eigenvalue weighted by atomic mass is 35.5. The smallest absolute Gasteiger partial charge is 0.229 e. The fourth-order valence-corrected chi connectivity index (χ4v) is 2.45. The number of benzene rings is 2. The lowest BCUT2D eigenvalue weighted by Gasteiger charge is -2.04. The van der Waals surface area contributed by atoms with Gasteiger partial charge in [-0.15, -0.1) is 0 Å². The number of aromatic nitrogens is 2. The van der Waals surface area contributed by atoms with E-state index in [0.29, 0.717) is 10.8 Å². The van der Waals surface area contributed by atoms with Crippen LogP contribution in [0.15, 0.2) is 60.8 Å². The van der Waals surface area contributed by atoms with E-state index in [-0.39, 0.29) is 12.3 Å². The highest BCUT2D eigenvalue weighted by molar-refractivity contribution is 6.30. The van der Waals surface area contributed by atoms with Gasteiger partial charge in [-0.1, -0.05) is 29.8 Å². The SMILES string of the molecule is COc1ccc(CC(=O)Nc2ccn(-c3cccc(Cl)c3)n2)cc1. The predicted octanol–water partition coefficient (Wildman–Crippen LogP) is 3.72. The molecule has 0 unspecified atom stereocenters. The summed E-state index contributed by atoms with van der Waals surface area (Å²) in [6, 6.07) is 16.5. The number of halogens is 1. The van der Waals surface area contributed by atoms with Crippen molar-refractivity contribution in [3.63, 3.8) is 0 Å². The molecule has 1 aromatic heterocycles. The quantitative estimate of drug-likeness (QED) is 0.769. The van der Waals surface area contributed by atoms with Crippen LogP contribution in [0.1, 0.15) is 5.56 Å². The normalized spacial score (nSPS) is 10.4. The zero-order chi connectivity index (χ0) is 16.9. The Morgan fingerprint density at radius 2 is 2.00 bits per heavy atom. The van der Waals surface area contributed by atoms with E-state index < -0.39 is 0 Å². The maximum absolute atomic E-state index is 12.1. The van der Waals surface area contributed by atoms with E-state index in [1.807, 2.05) is 36.4 Å². The van der Waals surface area contributed by atoms with E-state index in [2.05, 4.69) is 10.4 Å². The first-order chi connectivity index (χ1) is 11.6. The van der Waals surface area contributed by atoms with Crippen LogP contribution >= 0.6 is 11.6 Å². The monoisotopic (exact) mass is 341 g/mol. The van der Waals surface area contributed by atoms with Crippen LogP contribution in [0, 0.1) is 0 Å². The molecule has 3 rings (SSSR count). The van der Waals surface area contributed by atoms with Gasteiger partial charge in [0.15, 0.2) is 5.82 Å². The second kappa shape index (κ2) is 7.19. The van der Waals surface area contributed by atoms with Crippen LogP contribution in [0.2, 0.25) is 5.02 Å². The summed E-state index contributed by atoms with van der Waals surface area (Å²) in [4.78, 5) is 12.1. The minimum absolute atomic E-state index is 0.128. The molecule has 1 heterocycles. The Bertz CT molecular complexity index is 843. The largest absolute Gasteiger partial charge is 0.497 e. The van der Waals surface area contributed by atoms with Gasteiger partial charge < -0.3 is 10.1 Å². The highest BCUT2D eigenvalue weighted by Crippen LogP contribution is 2.16. The van der Waals surface area contributed by atoms with E-state index in [1.165, 1.54) is 0 Å². The third kappa shape index (κ3) is 3.94. The van der Waals surface area contributed by atoms with Crippen molar-refractivity contribution >= 4 is 23.3 Å². The standard InChI is InChI=1S/C18H16ClN3O2/c1-24-16-7-5-13(6-8-16)11-18(23)20-17-9-10-22(21-17)15-4-2-3-14(19)12-15/h2-10,12H,11H2,1H3,(H,20,21,23). The van der Waals surface area contributed by atoms with Crippen LogP contribution in [-0.4, -0.2) is 22.8 Å². The lowest BCUT2D eigenvalue weighted by atomic mass is 10.1. The first kappa shape index (κ1) is 16.1. The average Bonchev–Trinajstić information content (AvgIpc) is 3.04. The number of carbonyl (C=O) groups excluding carboxylic acids is 1. The predicted molar refractivity (Wildman–Crippen MR) is 93.9 cm³/mol. The molecule has 0 saturated carbocycles. The van der Waals surface area contributed by atoms with Gasteiger partial charge >= 0.3 is 0 Å². The maximum Gasteiger partial charge on any atom is 0.229 e. The van der Waals surface area contributed by atoms with E-state index in [4.69, 9.17) is 16.3 Å². The van der Waals surface area contributed by atoms with E-state index in [0.717, 1.165) is 17.0 Å². The van der Waals surface area contributed by atoms with Gasteiger partial charge in [-0.3, -0.25) is 4.79 Å². The Morgan fingerprint density at radius 3 is 2.71 bits per heavy atom. The molecule has 0 radical (unpaired) electrons. The molecule has 0 spiro atoms. The number of methoxy groups -OCH3 is 1. The Morgan fingerprint density at radius 1 is 1.21 bits per heavy atom. The van der Waals surface area contributed by atoms with E-state index in [9.17, 15) is 4.79 Å². The van der Waals surface area contributed by atoms with Gasteiger partial charge in [-0.25, -0.2) is 4.68 Å². The van der Waals surface area contributed by atoms with Crippen molar-refractivity contribution in [3.05, 3.63) is 71.4 Å². The van der Waals surface area contributed by atoms with Crippen molar-refractivity contribution in [1.82, 2.24) is 9.78 Å². The van der Waals surface area contributed by atoms with Gasteiger partial charge in [0.1, 0.15) is 5.75 Å². The van der Waals surface area contributed by atoms with Crippen LogP contribution < -0.4 is 10.1 Å². The molecular formula is C18H16ClN3O2. The minimum Gasteiger partial charge on any atom is -0.497 e. The Kier molecular flexibility index (Phi) is 4.82. The van der Waals surface area contributed by atoms with Crippen molar-refractivity contribution in [2.75, 3.05) is 12.4 Å². The second-order valence-electron chi connectivity index (χ2n) is 5.20. The number of carbonyl (C=O) groups is 1. The molecule has 0 aliphatic rings. The molecule has 0 fully saturated rings. The molecule has 0 bridgehead atoms. The van der Waals surface area contributed by atoms with Gasteiger partial charge in [0.2, 0.25) is 5.91 Å². The van der Waals surface area contributed by atoms with Gasteiger partial charge in [0, 0.05) is 17.3 Å².